The number of furan rings is 1. The number of aryl methyl sites for hydroxylation is 1. The van der Waals surface area contributed by atoms with Crippen LogP contribution in [0.1, 0.15) is 17.7 Å². The van der Waals surface area contributed by atoms with E-state index in [1.54, 1.807) is 13.4 Å². The van der Waals surface area contributed by atoms with Crippen molar-refractivity contribution in [1.29, 1.82) is 0 Å². The average Bonchev–Trinajstić information content (AvgIpc) is 3.18. The monoisotopic (exact) mass is 342 g/mol. The lowest BCUT2D eigenvalue weighted by Crippen LogP contribution is -2.49. The number of hydrogen-bond acceptors (Lipinski definition) is 4. The van der Waals surface area contributed by atoms with Crippen LogP contribution in [0, 0.1) is 0 Å². The molecule has 1 fully saturated rings. The van der Waals surface area contributed by atoms with Crippen molar-refractivity contribution < 1.29 is 13.9 Å². The molecule has 1 aromatic heterocycles. The second kappa shape index (κ2) is 8.72. The van der Waals surface area contributed by atoms with Crippen LogP contribution in [-0.2, 0) is 17.6 Å². The highest BCUT2D eigenvalue weighted by atomic mass is 16.5. The summed E-state index contributed by atoms with van der Waals surface area (Å²) in [5.74, 6) is 2.05. The van der Waals surface area contributed by atoms with Gasteiger partial charge in [-0.2, -0.15) is 0 Å². The summed E-state index contributed by atoms with van der Waals surface area (Å²) in [6.07, 6.45) is 3.82. The Balaban J connectivity index is 1.40. The van der Waals surface area contributed by atoms with E-state index in [9.17, 15) is 4.79 Å². The summed E-state index contributed by atoms with van der Waals surface area (Å²) in [4.78, 5) is 16.7. The van der Waals surface area contributed by atoms with Crippen LogP contribution >= 0.6 is 0 Å². The molecular weight excluding hydrogens is 316 g/mol. The molecular formula is C20H26N2O3. The van der Waals surface area contributed by atoms with Gasteiger partial charge in [0.2, 0.25) is 5.91 Å². The summed E-state index contributed by atoms with van der Waals surface area (Å²) < 4.78 is 10.7. The Bertz CT molecular complexity index is 661. The molecule has 1 saturated heterocycles. The van der Waals surface area contributed by atoms with E-state index in [0.29, 0.717) is 12.8 Å². The van der Waals surface area contributed by atoms with Crippen LogP contribution in [0.3, 0.4) is 0 Å². The van der Waals surface area contributed by atoms with Gasteiger partial charge in [0.15, 0.2) is 0 Å². The van der Waals surface area contributed by atoms with Crippen LogP contribution in [0.4, 0.5) is 0 Å². The smallest absolute Gasteiger partial charge is 0.223 e. The maximum absolute atomic E-state index is 12.3. The Morgan fingerprint density at radius 1 is 1.08 bits per heavy atom. The average molecular weight is 342 g/mol. The normalized spacial score (nSPS) is 15.3. The van der Waals surface area contributed by atoms with E-state index in [4.69, 9.17) is 9.15 Å². The zero-order valence-electron chi connectivity index (χ0n) is 14.8. The van der Waals surface area contributed by atoms with Gasteiger partial charge in [-0.3, -0.25) is 9.69 Å². The van der Waals surface area contributed by atoms with E-state index < -0.39 is 0 Å². The number of hydrogen-bond donors (Lipinski definition) is 0. The number of rotatable bonds is 7. The number of amides is 1. The largest absolute Gasteiger partial charge is 0.496 e. The Morgan fingerprint density at radius 2 is 1.88 bits per heavy atom. The molecule has 0 unspecified atom stereocenters. The summed E-state index contributed by atoms with van der Waals surface area (Å²) in [6, 6.07) is 11.9. The standard InChI is InChI=1S/C20H26N2O3/c1-24-19-7-3-2-5-17(19)10-11-21-12-14-22(15-13-21)20(23)9-8-18-6-4-16-25-18/h2-7,16H,8-15H2,1H3. The van der Waals surface area contributed by atoms with Crippen molar-refractivity contribution in [3.63, 3.8) is 0 Å². The Labute approximate surface area is 149 Å². The molecule has 0 bridgehead atoms. The topological polar surface area (TPSA) is 45.9 Å². The molecule has 3 rings (SSSR count). The van der Waals surface area contributed by atoms with Crippen molar-refractivity contribution in [3.8, 4) is 5.75 Å². The maximum atomic E-state index is 12.3. The second-order valence-corrected chi connectivity index (χ2v) is 6.36. The van der Waals surface area contributed by atoms with Crippen molar-refractivity contribution in [3.05, 3.63) is 54.0 Å². The number of carbonyl (C=O) groups is 1. The van der Waals surface area contributed by atoms with Gasteiger partial charge in [-0.05, 0) is 30.2 Å². The van der Waals surface area contributed by atoms with Crippen molar-refractivity contribution in [1.82, 2.24) is 9.80 Å². The lowest BCUT2D eigenvalue weighted by molar-refractivity contribution is -0.132. The minimum atomic E-state index is 0.223. The summed E-state index contributed by atoms with van der Waals surface area (Å²) in [7, 11) is 1.71. The molecule has 0 radical (unpaired) electrons. The molecule has 0 N–H and O–H groups in total. The quantitative estimate of drug-likeness (QED) is 0.776. The van der Waals surface area contributed by atoms with Gasteiger partial charge in [-0.15, -0.1) is 0 Å². The second-order valence-electron chi connectivity index (χ2n) is 6.36. The van der Waals surface area contributed by atoms with E-state index in [0.717, 1.165) is 50.7 Å². The molecule has 0 atom stereocenters. The molecule has 0 aliphatic carbocycles. The molecule has 1 aliphatic rings. The van der Waals surface area contributed by atoms with Crippen LogP contribution < -0.4 is 4.74 Å². The Kier molecular flexibility index (Phi) is 6.12. The Morgan fingerprint density at radius 3 is 2.60 bits per heavy atom. The first-order valence-corrected chi connectivity index (χ1v) is 8.90. The van der Waals surface area contributed by atoms with Gasteiger partial charge in [0.05, 0.1) is 13.4 Å². The number of benzene rings is 1. The molecule has 1 aromatic carbocycles. The SMILES string of the molecule is COc1ccccc1CCN1CCN(C(=O)CCc2ccco2)CC1. The van der Waals surface area contributed by atoms with Gasteiger partial charge in [0.25, 0.3) is 0 Å². The van der Waals surface area contributed by atoms with Gasteiger partial charge >= 0.3 is 0 Å². The number of nitrogens with zero attached hydrogens (tertiary/aromatic N) is 2. The van der Waals surface area contributed by atoms with Crippen LogP contribution in [0.2, 0.25) is 0 Å². The fourth-order valence-electron chi connectivity index (χ4n) is 3.25. The molecule has 134 valence electrons. The van der Waals surface area contributed by atoms with Gasteiger partial charge in [0.1, 0.15) is 11.5 Å². The number of methoxy groups -OCH3 is 1. The lowest BCUT2D eigenvalue weighted by atomic mass is 10.1. The van der Waals surface area contributed by atoms with Gasteiger partial charge in [-0.25, -0.2) is 0 Å². The number of piperazine rings is 1. The van der Waals surface area contributed by atoms with Crippen LogP contribution in [0.15, 0.2) is 47.1 Å². The van der Waals surface area contributed by atoms with E-state index in [-0.39, 0.29) is 5.91 Å². The zero-order chi connectivity index (χ0) is 17.5. The molecule has 2 heterocycles. The summed E-state index contributed by atoms with van der Waals surface area (Å²) in [6.45, 7) is 4.48. The third-order valence-electron chi connectivity index (χ3n) is 4.78. The van der Waals surface area contributed by atoms with Crippen LogP contribution in [0.25, 0.3) is 0 Å². The van der Waals surface area contributed by atoms with Gasteiger partial charge in [-0.1, -0.05) is 18.2 Å². The predicted molar refractivity (Wildman–Crippen MR) is 96.7 cm³/mol. The third kappa shape index (κ3) is 4.86. The van der Waals surface area contributed by atoms with Gasteiger partial charge in [0, 0.05) is 45.6 Å². The summed E-state index contributed by atoms with van der Waals surface area (Å²) >= 11 is 0. The lowest BCUT2D eigenvalue weighted by Gasteiger charge is -2.34. The van der Waals surface area contributed by atoms with E-state index in [2.05, 4.69) is 11.0 Å². The molecule has 5 nitrogen and oxygen atoms in total. The highest BCUT2D eigenvalue weighted by Gasteiger charge is 2.21. The third-order valence-corrected chi connectivity index (χ3v) is 4.78. The van der Waals surface area contributed by atoms with Crippen LogP contribution in [-0.4, -0.2) is 55.5 Å². The van der Waals surface area contributed by atoms with E-state index in [1.165, 1.54) is 5.56 Å². The first-order chi connectivity index (χ1) is 12.3. The molecule has 1 amide bonds. The fourth-order valence-corrected chi connectivity index (χ4v) is 3.25. The molecule has 1 aliphatic heterocycles. The Hall–Kier alpha value is -2.27. The van der Waals surface area contributed by atoms with Crippen molar-refractivity contribution in [2.24, 2.45) is 0 Å². The number of carbonyl (C=O) groups excluding carboxylic acids is 1. The van der Waals surface area contributed by atoms with E-state index >= 15 is 0 Å². The fraction of sp³-hybridized carbons (Fsp3) is 0.450. The molecule has 25 heavy (non-hydrogen) atoms. The van der Waals surface area contributed by atoms with Crippen molar-refractivity contribution >= 4 is 5.91 Å². The molecule has 2 aromatic rings. The van der Waals surface area contributed by atoms with Gasteiger partial charge < -0.3 is 14.1 Å². The first-order valence-electron chi connectivity index (χ1n) is 8.90. The summed E-state index contributed by atoms with van der Waals surface area (Å²) in [5.41, 5.74) is 1.24. The minimum absolute atomic E-state index is 0.223. The predicted octanol–water partition coefficient (Wildman–Crippen LogP) is 2.61. The van der Waals surface area contributed by atoms with Crippen molar-refractivity contribution in [2.45, 2.75) is 19.3 Å². The zero-order valence-corrected chi connectivity index (χ0v) is 14.8. The number of ether oxygens (including phenoxy) is 1. The molecule has 0 spiro atoms. The van der Waals surface area contributed by atoms with Crippen LogP contribution in [0.5, 0.6) is 5.75 Å². The highest BCUT2D eigenvalue weighted by Crippen LogP contribution is 2.18. The molecule has 5 heteroatoms. The summed E-state index contributed by atoms with van der Waals surface area (Å²) in [5, 5.41) is 0. The molecule has 0 saturated carbocycles. The van der Waals surface area contributed by atoms with Crippen molar-refractivity contribution in [2.75, 3.05) is 39.8 Å². The highest BCUT2D eigenvalue weighted by molar-refractivity contribution is 5.76. The minimum Gasteiger partial charge on any atom is -0.496 e. The van der Waals surface area contributed by atoms with E-state index in [1.807, 2.05) is 35.2 Å². The number of para-hydroxylation sites is 1. The maximum Gasteiger partial charge on any atom is 0.223 e. The first kappa shape index (κ1) is 17.5.